The standard InChI is InChI=1S/C14H22O6.C11H22N2O4/c1-11(2)13(15)19-9-7-17-5-6-18-8-10-20-14(16)12(3)4;1-8(11(2,3)17-10(13)15)6-4-5-7-16-9(12)14/h1,3,5-10H2,2,4H3;8H,4-7H2,1-3H3,(H2,12,14)(H2,13,15). The minimum Gasteiger partial charge on any atom is -0.460 e. The van der Waals surface area contributed by atoms with Gasteiger partial charge in [0.05, 0.1) is 33.0 Å². The maximum atomic E-state index is 11.0. The number of hydrogen-bond donors (Lipinski definition) is 2. The summed E-state index contributed by atoms with van der Waals surface area (Å²) in [5, 5.41) is 0. The fourth-order valence-electron chi connectivity index (χ4n) is 2.39. The van der Waals surface area contributed by atoms with Gasteiger partial charge in [0.1, 0.15) is 18.8 Å². The Morgan fingerprint density at radius 1 is 0.703 bits per heavy atom. The van der Waals surface area contributed by atoms with E-state index in [1.54, 1.807) is 13.8 Å². The van der Waals surface area contributed by atoms with Gasteiger partial charge in [0.15, 0.2) is 0 Å². The van der Waals surface area contributed by atoms with E-state index in [4.69, 9.17) is 35.2 Å². The van der Waals surface area contributed by atoms with E-state index in [1.165, 1.54) is 0 Å². The van der Waals surface area contributed by atoms with Crippen LogP contribution in [-0.2, 0) is 38.0 Å². The van der Waals surface area contributed by atoms with Gasteiger partial charge >= 0.3 is 24.1 Å². The fraction of sp³-hybridized carbons (Fsp3) is 0.680. The molecule has 0 radical (unpaired) electrons. The quantitative estimate of drug-likeness (QED) is 0.115. The molecule has 0 spiro atoms. The molecule has 12 heteroatoms. The Balaban J connectivity index is 0. The third-order valence-corrected chi connectivity index (χ3v) is 4.82. The summed E-state index contributed by atoms with van der Waals surface area (Å²) >= 11 is 0. The number of nitrogens with two attached hydrogens (primary N) is 2. The maximum absolute atomic E-state index is 11.0. The van der Waals surface area contributed by atoms with Crippen molar-refractivity contribution in [1.82, 2.24) is 0 Å². The van der Waals surface area contributed by atoms with Crippen LogP contribution in [0, 0.1) is 5.92 Å². The second kappa shape index (κ2) is 21.0. The zero-order valence-electron chi connectivity index (χ0n) is 22.8. The molecule has 1 atom stereocenters. The van der Waals surface area contributed by atoms with E-state index in [1.807, 2.05) is 20.8 Å². The molecule has 214 valence electrons. The number of carbonyl (C=O) groups is 4. The summed E-state index contributed by atoms with van der Waals surface area (Å²) in [7, 11) is 0. The zero-order valence-corrected chi connectivity index (χ0v) is 22.8. The SMILES string of the molecule is C=C(C)C(=O)OCCOCCOCCOC(=O)C(=C)C.CC(CCCCOC(N)=O)C(C)(C)OC(N)=O. The van der Waals surface area contributed by atoms with E-state index in [0.29, 0.717) is 44.2 Å². The van der Waals surface area contributed by atoms with Crippen LogP contribution in [0.2, 0.25) is 0 Å². The summed E-state index contributed by atoms with van der Waals surface area (Å²) in [4.78, 5) is 43.0. The Kier molecular flexibility index (Phi) is 20.5. The van der Waals surface area contributed by atoms with E-state index >= 15 is 0 Å². The van der Waals surface area contributed by atoms with Crippen molar-refractivity contribution in [3.63, 3.8) is 0 Å². The molecule has 0 fully saturated rings. The van der Waals surface area contributed by atoms with Gasteiger partial charge in [-0.05, 0) is 52.9 Å². The second-order valence-electron chi connectivity index (χ2n) is 8.65. The predicted molar refractivity (Wildman–Crippen MR) is 136 cm³/mol. The Labute approximate surface area is 219 Å². The molecule has 4 N–H and O–H groups in total. The molecule has 0 saturated heterocycles. The van der Waals surface area contributed by atoms with Crippen LogP contribution in [0.4, 0.5) is 9.59 Å². The zero-order chi connectivity index (χ0) is 28.9. The summed E-state index contributed by atoms with van der Waals surface area (Å²) in [5.41, 5.74) is 9.95. The van der Waals surface area contributed by atoms with Gasteiger partial charge in [0.25, 0.3) is 0 Å². The molecule has 12 nitrogen and oxygen atoms in total. The number of hydrogen-bond acceptors (Lipinski definition) is 10. The van der Waals surface area contributed by atoms with Crippen LogP contribution in [0.3, 0.4) is 0 Å². The first-order chi connectivity index (χ1) is 17.2. The van der Waals surface area contributed by atoms with E-state index < -0.39 is 29.7 Å². The van der Waals surface area contributed by atoms with Gasteiger partial charge in [-0.25, -0.2) is 19.2 Å². The lowest BCUT2D eigenvalue weighted by Crippen LogP contribution is -2.37. The van der Waals surface area contributed by atoms with Crippen LogP contribution in [0.15, 0.2) is 24.3 Å². The molecule has 1 unspecified atom stereocenters. The second-order valence-corrected chi connectivity index (χ2v) is 8.65. The number of carbonyl (C=O) groups excluding carboxylic acids is 4. The first-order valence-electron chi connectivity index (χ1n) is 11.9. The molecular weight excluding hydrogens is 488 g/mol. The van der Waals surface area contributed by atoms with Gasteiger partial charge in [-0.1, -0.05) is 20.1 Å². The monoisotopic (exact) mass is 532 g/mol. The van der Waals surface area contributed by atoms with Crippen molar-refractivity contribution in [1.29, 1.82) is 0 Å². The van der Waals surface area contributed by atoms with Gasteiger partial charge in [0.2, 0.25) is 0 Å². The van der Waals surface area contributed by atoms with Crippen molar-refractivity contribution in [2.45, 2.75) is 59.5 Å². The fourth-order valence-corrected chi connectivity index (χ4v) is 2.39. The molecule has 0 heterocycles. The normalized spacial score (nSPS) is 11.3. The van der Waals surface area contributed by atoms with Gasteiger partial charge in [-0.2, -0.15) is 0 Å². The van der Waals surface area contributed by atoms with Crippen molar-refractivity contribution >= 4 is 24.1 Å². The Morgan fingerprint density at radius 3 is 1.51 bits per heavy atom. The molecule has 2 amide bonds. The summed E-state index contributed by atoms with van der Waals surface area (Å²) < 4.78 is 29.6. The Morgan fingerprint density at radius 2 is 1.14 bits per heavy atom. The van der Waals surface area contributed by atoms with Crippen LogP contribution in [-0.4, -0.2) is 76.0 Å². The smallest absolute Gasteiger partial charge is 0.405 e. The van der Waals surface area contributed by atoms with Gasteiger partial charge in [-0.15, -0.1) is 0 Å². The van der Waals surface area contributed by atoms with Crippen LogP contribution in [0.1, 0.15) is 53.9 Å². The van der Waals surface area contributed by atoms with Gasteiger partial charge in [0, 0.05) is 11.1 Å². The summed E-state index contributed by atoms with van der Waals surface area (Å²) in [5.74, 6) is -0.683. The third-order valence-electron chi connectivity index (χ3n) is 4.82. The first kappa shape index (κ1) is 36.0. The van der Waals surface area contributed by atoms with Crippen molar-refractivity contribution in [3.05, 3.63) is 24.3 Å². The van der Waals surface area contributed by atoms with Crippen molar-refractivity contribution in [3.8, 4) is 0 Å². The molecule has 0 aliphatic rings. The van der Waals surface area contributed by atoms with Crippen molar-refractivity contribution in [2.24, 2.45) is 17.4 Å². The van der Waals surface area contributed by atoms with E-state index in [9.17, 15) is 19.2 Å². The highest BCUT2D eigenvalue weighted by atomic mass is 16.6. The lowest BCUT2D eigenvalue weighted by molar-refractivity contribution is -0.142. The minimum absolute atomic E-state index is 0.170. The number of ether oxygens (including phenoxy) is 6. The molecule has 0 aromatic carbocycles. The molecule has 0 aromatic heterocycles. The molecule has 0 saturated carbocycles. The highest BCUT2D eigenvalue weighted by Gasteiger charge is 2.28. The average molecular weight is 533 g/mol. The van der Waals surface area contributed by atoms with Gasteiger partial charge in [-0.3, -0.25) is 0 Å². The lowest BCUT2D eigenvalue weighted by atomic mass is 9.88. The molecule has 0 bridgehead atoms. The van der Waals surface area contributed by atoms with Crippen molar-refractivity contribution in [2.75, 3.05) is 46.2 Å². The summed E-state index contributed by atoms with van der Waals surface area (Å²) in [6.07, 6.45) is 0.928. The molecule has 0 aromatic rings. The van der Waals surface area contributed by atoms with Crippen LogP contribution < -0.4 is 11.5 Å². The average Bonchev–Trinajstić information content (AvgIpc) is 2.78. The largest absolute Gasteiger partial charge is 0.460 e. The van der Waals surface area contributed by atoms with E-state index in [2.05, 4.69) is 17.9 Å². The molecule has 0 rings (SSSR count). The number of primary amides is 2. The highest BCUT2D eigenvalue weighted by Crippen LogP contribution is 2.25. The first-order valence-corrected chi connectivity index (χ1v) is 11.9. The van der Waals surface area contributed by atoms with Crippen molar-refractivity contribution < 1.29 is 47.6 Å². The molecule has 0 aliphatic heterocycles. The van der Waals surface area contributed by atoms with E-state index in [0.717, 1.165) is 19.3 Å². The summed E-state index contributed by atoms with van der Waals surface area (Å²) in [6.45, 7) is 17.7. The number of amides is 2. The summed E-state index contributed by atoms with van der Waals surface area (Å²) in [6, 6.07) is 0. The van der Waals surface area contributed by atoms with Crippen LogP contribution >= 0.6 is 0 Å². The van der Waals surface area contributed by atoms with E-state index in [-0.39, 0.29) is 19.1 Å². The molecule has 0 aliphatic carbocycles. The minimum atomic E-state index is -0.765. The highest BCUT2D eigenvalue weighted by molar-refractivity contribution is 5.87. The molecule has 37 heavy (non-hydrogen) atoms. The van der Waals surface area contributed by atoms with Crippen LogP contribution in [0.5, 0.6) is 0 Å². The number of unbranched alkanes of at least 4 members (excludes halogenated alkanes) is 1. The Hall–Kier alpha value is -3.12. The lowest BCUT2D eigenvalue weighted by Gasteiger charge is -2.30. The maximum Gasteiger partial charge on any atom is 0.405 e. The van der Waals surface area contributed by atoms with Gasteiger partial charge < -0.3 is 39.9 Å². The number of esters is 2. The predicted octanol–water partition coefficient (Wildman–Crippen LogP) is 3.02. The Bertz CT molecular complexity index is 703. The van der Waals surface area contributed by atoms with Crippen LogP contribution in [0.25, 0.3) is 0 Å². The number of rotatable bonds is 18. The molecular formula is C25H44N2O10. The third kappa shape index (κ3) is 23.1. The topological polar surface area (TPSA) is 176 Å².